The maximum Gasteiger partial charge on any atom is 0.341 e. The first-order valence-electron chi connectivity index (χ1n) is 8.16. The molecule has 1 saturated heterocycles. The summed E-state index contributed by atoms with van der Waals surface area (Å²) in [5, 5.41) is 9.23. The van der Waals surface area contributed by atoms with Gasteiger partial charge >= 0.3 is 5.97 Å². The van der Waals surface area contributed by atoms with Crippen molar-refractivity contribution in [3.63, 3.8) is 0 Å². The summed E-state index contributed by atoms with van der Waals surface area (Å²) in [4.78, 5) is 25.4. The summed E-state index contributed by atoms with van der Waals surface area (Å²) in [6, 6.07) is 3.58. The van der Waals surface area contributed by atoms with E-state index < -0.39 is 5.97 Å². The first-order valence-corrected chi connectivity index (χ1v) is 9.21. The zero-order valence-corrected chi connectivity index (χ0v) is 15.5. The first-order chi connectivity index (χ1) is 11.3. The number of carbonyl (C=O) groups is 2. The van der Waals surface area contributed by atoms with E-state index in [2.05, 4.69) is 13.8 Å². The number of hydrogen-bond acceptors (Lipinski definition) is 4. The van der Waals surface area contributed by atoms with E-state index in [0.29, 0.717) is 22.5 Å². The van der Waals surface area contributed by atoms with Crippen LogP contribution in [0.2, 0.25) is 0 Å². The van der Waals surface area contributed by atoms with Crippen molar-refractivity contribution >= 4 is 23.6 Å². The molecule has 1 heterocycles. The molecule has 1 atom stereocenters. The summed E-state index contributed by atoms with van der Waals surface area (Å²) >= 11 is 1.94. The third-order valence-corrected chi connectivity index (χ3v) is 5.71. The van der Waals surface area contributed by atoms with Crippen LogP contribution in [0.15, 0.2) is 12.1 Å². The van der Waals surface area contributed by atoms with Gasteiger partial charge in [-0.3, -0.25) is 4.79 Å². The standard InChI is InChI=1S/C18H25NO4S/c1-11(2)15-9-19(5-6-24-15)18(22)14-7-12(3)17(13(4)8-14)23-10-16(20)21/h7-8,11,15H,5-6,9-10H2,1-4H3,(H,20,21). The SMILES string of the molecule is Cc1cc(C(=O)N2CCSC(C(C)C)C2)cc(C)c1OCC(=O)O. The second-order valence-corrected chi connectivity index (χ2v) is 7.87. The van der Waals surface area contributed by atoms with Gasteiger partial charge in [0.2, 0.25) is 0 Å². The van der Waals surface area contributed by atoms with Gasteiger partial charge in [0.25, 0.3) is 5.91 Å². The molecule has 1 N–H and O–H groups in total. The second kappa shape index (κ2) is 7.92. The molecule has 132 valence electrons. The van der Waals surface area contributed by atoms with E-state index in [9.17, 15) is 9.59 Å². The van der Waals surface area contributed by atoms with Crippen molar-refractivity contribution in [1.82, 2.24) is 4.90 Å². The van der Waals surface area contributed by atoms with Gasteiger partial charge in [-0.05, 0) is 43.0 Å². The molecule has 2 rings (SSSR count). The third kappa shape index (κ3) is 4.44. The van der Waals surface area contributed by atoms with E-state index in [1.807, 2.05) is 30.5 Å². The number of carbonyl (C=O) groups excluding carboxylic acids is 1. The van der Waals surface area contributed by atoms with Crippen LogP contribution in [0.4, 0.5) is 0 Å². The van der Waals surface area contributed by atoms with Gasteiger partial charge in [0.05, 0.1) is 0 Å². The predicted molar refractivity (Wildman–Crippen MR) is 96.0 cm³/mol. The highest BCUT2D eigenvalue weighted by molar-refractivity contribution is 8.00. The van der Waals surface area contributed by atoms with Crippen molar-refractivity contribution in [2.45, 2.75) is 32.9 Å². The molecule has 0 saturated carbocycles. The van der Waals surface area contributed by atoms with Crippen molar-refractivity contribution in [3.8, 4) is 5.75 Å². The molecule has 0 aliphatic carbocycles. The van der Waals surface area contributed by atoms with Crippen molar-refractivity contribution in [2.75, 3.05) is 25.4 Å². The van der Waals surface area contributed by atoms with E-state index in [4.69, 9.17) is 9.84 Å². The van der Waals surface area contributed by atoms with Crippen molar-refractivity contribution in [2.24, 2.45) is 5.92 Å². The van der Waals surface area contributed by atoms with Gasteiger partial charge in [0.15, 0.2) is 6.61 Å². The van der Waals surface area contributed by atoms with E-state index in [1.165, 1.54) is 0 Å². The van der Waals surface area contributed by atoms with Crippen LogP contribution in [-0.4, -0.2) is 52.6 Å². The maximum atomic E-state index is 12.8. The molecule has 1 aliphatic rings. The predicted octanol–water partition coefficient (Wildman–Crippen LogP) is 2.98. The molecule has 0 radical (unpaired) electrons. The van der Waals surface area contributed by atoms with Crippen LogP contribution in [0.1, 0.15) is 35.3 Å². The lowest BCUT2D eigenvalue weighted by molar-refractivity contribution is -0.139. The van der Waals surface area contributed by atoms with Crippen LogP contribution >= 0.6 is 11.8 Å². The molecule has 1 aromatic rings. The van der Waals surface area contributed by atoms with Gasteiger partial charge in [0.1, 0.15) is 5.75 Å². The van der Waals surface area contributed by atoms with Crippen LogP contribution in [0.25, 0.3) is 0 Å². The summed E-state index contributed by atoms with van der Waals surface area (Å²) in [5.41, 5.74) is 2.21. The Hall–Kier alpha value is -1.69. The summed E-state index contributed by atoms with van der Waals surface area (Å²) in [6.45, 7) is 9.21. The Balaban J connectivity index is 2.16. The monoisotopic (exact) mass is 351 g/mol. The molecular weight excluding hydrogens is 326 g/mol. The smallest absolute Gasteiger partial charge is 0.341 e. The highest BCUT2D eigenvalue weighted by Gasteiger charge is 2.27. The largest absolute Gasteiger partial charge is 0.481 e. The van der Waals surface area contributed by atoms with Crippen LogP contribution in [-0.2, 0) is 4.79 Å². The number of hydrogen-bond donors (Lipinski definition) is 1. The molecule has 1 aromatic carbocycles. The van der Waals surface area contributed by atoms with E-state index in [0.717, 1.165) is 30.0 Å². The highest BCUT2D eigenvalue weighted by Crippen LogP contribution is 2.28. The summed E-state index contributed by atoms with van der Waals surface area (Å²) in [5.74, 6) is 1.08. The summed E-state index contributed by atoms with van der Waals surface area (Å²) in [7, 11) is 0. The Morgan fingerprint density at radius 3 is 2.50 bits per heavy atom. The second-order valence-electron chi connectivity index (χ2n) is 6.53. The number of amides is 1. The summed E-state index contributed by atoms with van der Waals surface area (Å²) < 4.78 is 5.33. The number of nitrogens with zero attached hydrogens (tertiary/aromatic N) is 1. The number of benzene rings is 1. The lowest BCUT2D eigenvalue weighted by Crippen LogP contribution is -2.43. The first kappa shape index (κ1) is 18.6. The molecule has 5 nitrogen and oxygen atoms in total. The molecule has 1 unspecified atom stereocenters. The Morgan fingerprint density at radius 1 is 1.33 bits per heavy atom. The fraction of sp³-hybridized carbons (Fsp3) is 0.556. The zero-order valence-electron chi connectivity index (χ0n) is 14.7. The number of carboxylic acids is 1. The molecule has 1 fully saturated rings. The van der Waals surface area contributed by atoms with Crippen molar-refractivity contribution < 1.29 is 19.4 Å². The van der Waals surface area contributed by atoms with Crippen molar-refractivity contribution in [1.29, 1.82) is 0 Å². The average molecular weight is 351 g/mol. The molecule has 1 aliphatic heterocycles. The Labute approximate surface area is 147 Å². The fourth-order valence-corrected chi connectivity index (χ4v) is 4.18. The summed E-state index contributed by atoms with van der Waals surface area (Å²) in [6.07, 6.45) is 0. The average Bonchev–Trinajstić information content (AvgIpc) is 2.53. The van der Waals surface area contributed by atoms with Gasteiger partial charge in [-0.25, -0.2) is 4.79 Å². The van der Waals surface area contributed by atoms with Crippen molar-refractivity contribution in [3.05, 3.63) is 28.8 Å². The Bertz CT molecular complexity index is 606. The molecule has 24 heavy (non-hydrogen) atoms. The lowest BCUT2D eigenvalue weighted by atomic mass is 10.0. The van der Waals surface area contributed by atoms with Crippen LogP contribution in [0.5, 0.6) is 5.75 Å². The highest BCUT2D eigenvalue weighted by atomic mass is 32.2. The molecule has 0 bridgehead atoms. The van der Waals surface area contributed by atoms with Gasteiger partial charge in [-0.1, -0.05) is 13.8 Å². The number of aliphatic carboxylic acids is 1. The minimum absolute atomic E-state index is 0.0388. The van der Waals surface area contributed by atoms with Crippen LogP contribution in [0, 0.1) is 19.8 Å². The maximum absolute atomic E-state index is 12.8. The molecule has 0 aromatic heterocycles. The molecular formula is C18H25NO4S. The minimum Gasteiger partial charge on any atom is -0.481 e. The van der Waals surface area contributed by atoms with Gasteiger partial charge in [-0.15, -0.1) is 0 Å². The zero-order chi connectivity index (χ0) is 17.9. The quantitative estimate of drug-likeness (QED) is 0.883. The molecule has 0 spiro atoms. The minimum atomic E-state index is -1.01. The number of thioether (sulfide) groups is 1. The number of rotatable bonds is 5. The topological polar surface area (TPSA) is 66.8 Å². The van der Waals surface area contributed by atoms with E-state index in [1.54, 1.807) is 12.1 Å². The number of aryl methyl sites for hydroxylation is 2. The van der Waals surface area contributed by atoms with Gasteiger partial charge in [0, 0.05) is 29.7 Å². The Morgan fingerprint density at radius 2 is 1.96 bits per heavy atom. The lowest BCUT2D eigenvalue weighted by Gasteiger charge is -2.34. The molecule has 6 heteroatoms. The number of carboxylic acid groups (broad SMARTS) is 1. The normalized spacial score (nSPS) is 17.9. The fourth-order valence-electron chi connectivity index (χ4n) is 2.88. The van der Waals surface area contributed by atoms with Gasteiger partial charge in [-0.2, -0.15) is 11.8 Å². The van der Waals surface area contributed by atoms with Gasteiger partial charge < -0.3 is 14.7 Å². The van der Waals surface area contributed by atoms with Crippen LogP contribution in [0.3, 0.4) is 0 Å². The Kier molecular flexibility index (Phi) is 6.15. The van der Waals surface area contributed by atoms with E-state index in [-0.39, 0.29) is 12.5 Å². The van der Waals surface area contributed by atoms with Crippen LogP contribution < -0.4 is 4.74 Å². The number of ether oxygens (including phenoxy) is 1. The third-order valence-electron chi connectivity index (χ3n) is 4.17. The van der Waals surface area contributed by atoms with E-state index >= 15 is 0 Å². The molecule has 1 amide bonds.